The Hall–Kier alpha value is -0.860. The molecule has 1 aromatic rings. The molecule has 0 bridgehead atoms. The van der Waals surface area contributed by atoms with Crippen molar-refractivity contribution in [2.45, 2.75) is 31.7 Å². The predicted octanol–water partition coefficient (Wildman–Crippen LogP) is 2.21. The Bertz CT molecular complexity index is 310. The first kappa shape index (κ1) is 11.6. The van der Waals surface area contributed by atoms with Crippen LogP contribution in [-0.4, -0.2) is 30.6 Å². The van der Waals surface area contributed by atoms with Crippen LogP contribution in [0.25, 0.3) is 0 Å². The van der Waals surface area contributed by atoms with Gasteiger partial charge in [-0.25, -0.2) is 0 Å². The zero-order valence-corrected chi connectivity index (χ0v) is 10.1. The van der Waals surface area contributed by atoms with Crippen LogP contribution in [0, 0.1) is 0 Å². The first-order valence-corrected chi connectivity index (χ1v) is 6.28. The zero-order chi connectivity index (χ0) is 11.4. The van der Waals surface area contributed by atoms with Crippen LogP contribution in [0.15, 0.2) is 30.3 Å². The maximum absolute atomic E-state index is 6.00. The summed E-state index contributed by atoms with van der Waals surface area (Å²) in [5.41, 5.74) is 7.43. The average Bonchev–Trinajstić information content (AvgIpc) is 2.30. The number of nitrogens with zero attached hydrogens (tertiary/aromatic N) is 1. The lowest BCUT2D eigenvalue weighted by atomic mass is 9.99. The van der Waals surface area contributed by atoms with Gasteiger partial charge in [-0.05, 0) is 30.9 Å². The summed E-state index contributed by atoms with van der Waals surface area (Å²) in [6.45, 7) is 5.72. The molecular weight excluding hydrogens is 196 g/mol. The van der Waals surface area contributed by atoms with E-state index in [1.54, 1.807) is 0 Å². The molecule has 0 saturated carbocycles. The van der Waals surface area contributed by atoms with Gasteiger partial charge in [0, 0.05) is 19.1 Å². The molecule has 2 rings (SSSR count). The highest BCUT2D eigenvalue weighted by Gasteiger charge is 2.18. The van der Waals surface area contributed by atoms with E-state index in [9.17, 15) is 0 Å². The van der Waals surface area contributed by atoms with Crippen LogP contribution in [0.1, 0.15) is 31.2 Å². The van der Waals surface area contributed by atoms with Crippen molar-refractivity contribution in [3.63, 3.8) is 0 Å². The van der Waals surface area contributed by atoms with E-state index in [-0.39, 0.29) is 0 Å². The first-order chi connectivity index (χ1) is 7.75. The summed E-state index contributed by atoms with van der Waals surface area (Å²) in [5.74, 6) is 0.603. The third-order valence-corrected chi connectivity index (χ3v) is 3.44. The third-order valence-electron chi connectivity index (χ3n) is 3.44. The van der Waals surface area contributed by atoms with Crippen molar-refractivity contribution in [1.29, 1.82) is 0 Å². The van der Waals surface area contributed by atoms with E-state index in [1.807, 2.05) is 0 Å². The molecule has 1 aliphatic rings. The van der Waals surface area contributed by atoms with E-state index in [0.29, 0.717) is 12.0 Å². The molecule has 1 aliphatic heterocycles. The van der Waals surface area contributed by atoms with Gasteiger partial charge in [0.1, 0.15) is 0 Å². The second-order valence-electron chi connectivity index (χ2n) is 4.97. The van der Waals surface area contributed by atoms with Crippen LogP contribution in [0.5, 0.6) is 0 Å². The van der Waals surface area contributed by atoms with Gasteiger partial charge in [0.25, 0.3) is 0 Å². The van der Waals surface area contributed by atoms with Crippen LogP contribution < -0.4 is 5.73 Å². The molecule has 1 saturated heterocycles. The van der Waals surface area contributed by atoms with E-state index < -0.39 is 0 Å². The highest BCUT2D eigenvalue weighted by atomic mass is 15.1. The minimum atomic E-state index is 0.386. The molecule has 0 aliphatic carbocycles. The summed E-state index contributed by atoms with van der Waals surface area (Å²) >= 11 is 0. The third kappa shape index (κ3) is 3.06. The van der Waals surface area contributed by atoms with Gasteiger partial charge >= 0.3 is 0 Å². The summed E-state index contributed by atoms with van der Waals surface area (Å²) in [4.78, 5) is 2.51. The SMILES string of the molecule is C[C@H](CN1CCC[C@H](N)C1)c1ccccc1. The van der Waals surface area contributed by atoms with Gasteiger partial charge < -0.3 is 10.6 Å². The van der Waals surface area contributed by atoms with Crippen molar-refractivity contribution in [3.8, 4) is 0 Å². The molecule has 0 radical (unpaired) electrons. The lowest BCUT2D eigenvalue weighted by molar-refractivity contribution is 0.200. The molecule has 2 N–H and O–H groups in total. The van der Waals surface area contributed by atoms with Gasteiger partial charge in [0.15, 0.2) is 0 Å². The van der Waals surface area contributed by atoms with Crippen LogP contribution in [0.3, 0.4) is 0 Å². The fraction of sp³-hybridized carbons (Fsp3) is 0.571. The second-order valence-corrected chi connectivity index (χ2v) is 4.97. The van der Waals surface area contributed by atoms with Gasteiger partial charge in [0.05, 0.1) is 0 Å². The zero-order valence-electron chi connectivity index (χ0n) is 10.1. The highest BCUT2D eigenvalue weighted by Crippen LogP contribution is 2.18. The fourth-order valence-corrected chi connectivity index (χ4v) is 2.53. The van der Waals surface area contributed by atoms with E-state index >= 15 is 0 Å². The van der Waals surface area contributed by atoms with Crippen molar-refractivity contribution in [2.24, 2.45) is 5.73 Å². The molecule has 2 atom stereocenters. The monoisotopic (exact) mass is 218 g/mol. The number of likely N-dealkylation sites (tertiary alicyclic amines) is 1. The first-order valence-electron chi connectivity index (χ1n) is 6.28. The Morgan fingerprint density at radius 2 is 2.12 bits per heavy atom. The molecule has 0 unspecified atom stereocenters. The Kier molecular flexibility index (Phi) is 3.97. The molecule has 1 fully saturated rings. The molecule has 0 amide bonds. The number of piperidine rings is 1. The van der Waals surface area contributed by atoms with Crippen LogP contribution in [0.4, 0.5) is 0 Å². The van der Waals surface area contributed by atoms with Crippen molar-refractivity contribution >= 4 is 0 Å². The maximum atomic E-state index is 6.00. The molecule has 2 nitrogen and oxygen atoms in total. The number of benzene rings is 1. The smallest absolute Gasteiger partial charge is 0.0168 e. The van der Waals surface area contributed by atoms with Crippen molar-refractivity contribution in [1.82, 2.24) is 4.90 Å². The molecule has 0 spiro atoms. The van der Waals surface area contributed by atoms with Gasteiger partial charge in [-0.3, -0.25) is 0 Å². The molecular formula is C14H22N2. The van der Waals surface area contributed by atoms with Crippen LogP contribution in [-0.2, 0) is 0 Å². The summed E-state index contributed by atoms with van der Waals surface area (Å²) < 4.78 is 0. The number of hydrogen-bond donors (Lipinski definition) is 1. The van der Waals surface area contributed by atoms with E-state index in [2.05, 4.69) is 42.2 Å². The number of hydrogen-bond acceptors (Lipinski definition) is 2. The molecule has 2 heteroatoms. The lowest BCUT2D eigenvalue weighted by Crippen LogP contribution is -2.44. The minimum absolute atomic E-state index is 0.386. The van der Waals surface area contributed by atoms with Gasteiger partial charge in [-0.15, -0.1) is 0 Å². The van der Waals surface area contributed by atoms with Gasteiger partial charge in [0.2, 0.25) is 0 Å². The van der Waals surface area contributed by atoms with E-state index in [4.69, 9.17) is 5.73 Å². The van der Waals surface area contributed by atoms with E-state index in [0.717, 1.165) is 13.1 Å². The Labute approximate surface area is 98.4 Å². The second kappa shape index (κ2) is 5.46. The standard InChI is InChI=1S/C14H22N2/c1-12(13-6-3-2-4-7-13)10-16-9-5-8-14(15)11-16/h2-4,6-7,12,14H,5,8-11,15H2,1H3/t12-,14+/m1/s1. The molecule has 1 aromatic carbocycles. The largest absolute Gasteiger partial charge is 0.327 e. The van der Waals surface area contributed by atoms with Crippen molar-refractivity contribution in [2.75, 3.05) is 19.6 Å². The maximum Gasteiger partial charge on any atom is 0.0168 e. The van der Waals surface area contributed by atoms with Gasteiger partial charge in [-0.2, -0.15) is 0 Å². The highest BCUT2D eigenvalue weighted by molar-refractivity contribution is 5.19. The van der Waals surface area contributed by atoms with Gasteiger partial charge in [-0.1, -0.05) is 37.3 Å². The fourth-order valence-electron chi connectivity index (χ4n) is 2.53. The summed E-state index contributed by atoms with van der Waals surface area (Å²) in [7, 11) is 0. The van der Waals surface area contributed by atoms with Crippen LogP contribution >= 0.6 is 0 Å². The molecule has 0 aromatic heterocycles. The quantitative estimate of drug-likeness (QED) is 0.843. The summed E-state index contributed by atoms with van der Waals surface area (Å²) in [6.07, 6.45) is 2.44. The molecule has 88 valence electrons. The van der Waals surface area contributed by atoms with E-state index in [1.165, 1.54) is 24.9 Å². The Balaban J connectivity index is 1.89. The minimum Gasteiger partial charge on any atom is -0.327 e. The average molecular weight is 218 g/mol. The van der Waals surface area contributed by atoms with Crippen molar-refractivity contribution < 1.29 is 0 Å². The normalized spacial score (nSPS) is 24.2. The summed E-state index contributed by atoms with van der Waals surface area (Å²) in [5, 5.41) is 0. The predicted molar refractivity (Wildman–Crippen MR) is 68.5 cm³/mol. The Morgan fingerprint density at radius 3 is 2.81 bits per heavy atom. The van der Waals surface area contributed by atoms with Crippen molar-refractivity contribution in [3.05, 3.63) is 35.9 Å². The lowest BCUT2D eigenvalue weighted by Gasteiger charge is -2.32. The number of nitrogens with two attached hydrogens (primary N) is 1. The Morgan fingerprint density at radius 1 is 1.38 bits per heavy atom. The van der Waals surface area contributed by atoms with Crippen LogP contribution in [0.2, 0.25) is 0 Å². The number of rotatable bonds is 3. The molecule has 1 heterocycles. The summed E-state index contributed by atoms with van der Waals surface area (Å²) in [6, 6.07) is 11.1. The molecule has 16 heavy (non-hydrogen) atoms. The topological polar surface area (TPSA) is 29.3 Å².